The van der Waals surface area contributed by atoms with Gasteiger partial charge in [-0.2, -0.15) is 0 Å². The summed E-state index contributed by atoms with van der Waals surface area (Å²) < 4.78 is 13.6. The number of carbonyl (C=O) groups is 2. The summed E-state index contributed by atoms with van der Waals surface area (Å²) in [5.74, 6) is -0.817. The first-order valence-corrected chi connectivity index (χ1v) is 9.63. The van der Waals surface area contributed by atoms with Crippen LogP contribution < -0.4 is 5.32 Å². The Hall–Kier alpha value is -2.73. The van der Waals surface area contributed by atoms with Crippen molar-refractivity contribution in [3.05, 3.63) is 71.5 Å². The summed E-state index contributed by atoms with van der Waals surface area (Å²) >= 11 is 0. The number of piperazine rings is 1. The maximum atomic E-state index is 13.6. The van der Waals surface area contributed by atoms with Gasteiger partial charge >= 0.3 is 0 Å². The third kappa shape index (κ3) is 5.16. The normalized spacial score (nSPS) is 15.1. The van der Waals surface area contributed by atoms with Gasteiger partial charge in [-0.25, -0.2) is 4.39 Å². The van der Waals surface area contributed by atoms with Crippen LogP contribution in [0.25, 0.3) is 0 Å². The molecule has 1 fully saturated rings. The molecular formula is C22H26FN3O2. The lowest BCUT2D eigenvalue weighted by Gasteiger charge is -2.31. The van der Waals surface area contributed by atoms with Gasteiger partial charge in [0, 0.05) is 38.3 Å². The third-order valence-electron chi connectivity index (χ3n) is 5.02. The summed E-state index contributed by atoms with van der Waals surface area (Å²) in [6.45, 7) is 5.18. The van der Waals surface area contributed by atoms with Gasteiger partial charge in [-0.1, -0.05) is 43.3 Å². The van der Waals surface area contributed by atoms with Crippen molar-refractivity contribution in [2.75, 3.05) is 39.3 Å². The molecule has 0 radical (unpaired) electrons. The summed E-state index contributed by atoms with van der Waals surface area (Å²) in [6, 6.07) is 15.5. The molecule has 148 valence electrons. The predicted molar refractivity (Wildman–Crippen MR) is 107 cm³/mol. The van der Waals surface area contributed by atoms with E-state index in [0.29, 0.717) is 19.6 Å². The van der Waals surface area contributed by atoms with Crippen molar-refractivity contribution in [2.45, 2.75) is 12.8 Å². The Morgan fingerprint density at radius 1 is 1.11 bits per heavy atom. The maximum Gasteiger partial charge on any atom is 0.254 e. The van der Waals surface area contributed by atoms with Crippen LogP contribution in [0, 0.1) is 5.82 Å². The number of nitrogens with zero attached hydrogens (tertiary/aromatic N) is 2. The SMILES string of the molecule is CC(CN(CC(=O)N1CCNCC1)C(=O)c1cccc(F)c1)c1ccccc1. The van der Waals surface area contributed by atoms with Crippen LogP contribution in [0.2, 0.25) is 0 Å². The van der Waals surface area contributed by atoms with Crippen LogP contribution in [-0.2, 0) is 4.79 Å². The second-order valence-corrected chi connectivity index (χ2v) is 7.14. The van der Waals surface area contributed by atoms with E-state index in [2.05, 4.69) is 5.32 Å². The Morgan fingerprint density at radius 3 is 2.50 bits per heavy atom. The Bertz CT molecular complexity index is 806. The Labute approximate surface area is 165 Å². The molecule has 1 N–H and O–H groups in total. The smallest absolute Gasteiger partial charge is 0.254 e. The van der Waals surface area contributed by atoms with E-state index < -0.39 is 5.82 Å². The van der Waals surface area contributed by atoms with E-state index in [0.717, 1.165) is 18.7 Å². The van der Waals surface area contributed by atoms with Crippen LogP contribution in [0.15, 0.2) is 54.6 Å². The highest BCUT2D eigenvalue weighted by atomic mass is 19.1. The Balaban J connectivity index is 1.78. The molecule has 1 unspecified atom stereocenters. The topological polar surface area (TPSA) is 52.7 Å². The molecule has 5 nitrogen and oxygen atoms in total. The molecule has 28 heavy (non-hydrogen) atoms. The monoisotopic (exact) mass is 383 g/mol. The minimum absolute atomic E-state index is 0.00742. The molecule has 2 aromatic carbocycles. The minimum atomic E-state index is -0.463. The number of nitrogens with one attached hydrogen (secondary N) is 1. The lowest BCUT2D eigenvalue weighted by atomic mass is 10.0. The number of hydrogen-bond acceptors (Lipinski definition) is 3. The molecule has 2 aromatic rings. The van der Waals surface area contributed by atoms with Crippen LogP contribution >= 0.6 is 0 Å². The van der Waals surface area contributed by atoms with Gasteiger partial charge in [0.1, 0.15) is 12.4 Å². The quantitative estimate of drug-likeness (QED) is 0.834. The van der Waals surface area contributed by atoms with E-state index in [4.69, 9.17) is 0 Å². The standard InChI is InChI=1S/C22H26FN3O2/c1-17(18-6-3-2-4-7-18)15-26(16-21(27)25-12-10-24-11-13-25)22(28)19-8-5-9-20(23)14-19/h2-9,14,17,24H,10-13,15-16H2,1H3. The fourth-order valence-electron chi connectivity index (χ4n) is 3.42. The van der Waals surface area contributed by atoms with Crippen molar-refractivity contribution in [3.63, 3.8) is 0 Å². The zero-order chi connectivity index (χ0) is 19.9. The van der Waals surface area contributed by atoms with Gasteiger partial charge < -0.3 is 15.1 Å². The fourth-order valence-corrected chi connectivity index (χ4v) is 3.42. The molecule has 0 aliphatic carbocycles. The molecule has 1 aliphatic rings. The summed E-state index contributed by atoms with van der Waals surface area (Å²) in [5, 5.41) is 3.22. The van der Waals surface area contributed by atoms with E-state index in [1.54, 1.807) is 11.0 Å². The molecule has 0 aromatic heterocycles. The third-order valence-corrected chi connectivity index (χ3v) is 5.02. The fraction of sp³-hybridized carbons (Fsp3) is 0.364. The van der Waals surface area contributed by atoms with E-state index in [1.165, 1.54) is 23.1 Å². The first-order valence-electron chi connectivity index (χ1n) is 9.63. The Kier molecular flexibility index (Phi) is 6.76. The van der Waals surface area contributed by atoms with Crippen molar-refractivity contribution in [3.8, 4) is 0 Å². The highest BCUT2D eigenvalue weighted by molar-refractivity contribution is 5.96. The largest absolute Gasteiger partial charge is 0.339 e. The Morgan fingerprint density at radius 2 is 1.82 bits per heavy atom. The molecule has 0 bridgehead atoms. The second kappa shape index (κ2) is 9.46. The van der Waals surface area contributed by atoms with Crippen LogP contribution in [0.4, 0.5) is 4.39 Å². The average Bonchev–Trinajstić information content (AvgIpc) is 2.74. The van der Waals surface area contributed by atoms with E-state index in [-0.39, 0.29) is 29.8 Å². The van der Waals surface area contributed by atoms with Crippen LogP contribution in [0.5, 0.6) is 0 Å². The van der Waals surface area contributed by atoms with Crippen LogP contribution in [0.3, 0.4) is 0 Å². The molecule has 0 spiro atoms. The summed E-state index contributed by atoms with van der Waals surface area (Å²) in [5.41, 5.74) is 1.35. The average molecular weight is 383 g/mol. The zero-order valence-corrected chi connectivity index (χ0v) is 16.1. The predicted octanol–water partition coefficient (Wildman–Crippen LogP) is 2.50. The second-order valence-electron chi connectivity index (χ2n) is 7.14. The van der Waals surface area contributed by atoms with Gasteiger partial charge in [0.05, 0.1) is 0 Å². The zero-order valence-electron chi connectivity index (χ0n) is 16.1. The molecule has 3 rings (SSSR count). The maximum absolute atomic E-state index is 13.6. The number of carbonyl (C=O) groups excluding carboxylic acids is 2. The van der Waals surface area contributed by atoms with Crippen molar-refractivity contribution < 1.29 is 14.0 Å². The van der Waals surface area contributed by atoms with Crippen LogP contribution in [0.1, 0.15) is 28.8 Å². The molecular weight excluding hydrogens is 357 g/mol. The van der Waals surface area contributed by atoms with Crippen molar-refractivity contribution in [1.82, 2.24) is 15.1 Å². The summed E-state index contributed by atoms with van der Waals surface area (Å²) in [7, 11) is 0. The van der Waals surface area contributed by atoms with Crippen molar-refractivity contribution in [1.29, 1.82) is 0 Å². The summed E-state index contributed by atoms with van der Waals surface area (Å²) in [6.07, 6.45) is 0. The molecule has 1 atom stereocenters. The van der Waals surface area contributed by atoms with Gasteiger partial charge in [0.2, 0.25) is 5.91 Å². The minimum Gasteiger partial charge on any atom is -0.339 e. The van der Waals surface area contributed by atoms with Gasteiger partial charge in [0.25, 0.3) is 5.91 Å². The number of halogens is 1. The van der Waals surface area contributed by atoms with E-state index in [1.807, 2.05) is 37.3 Å². The lowest BCUT2D eigenvalue weighted by Crippen LogP contribution is -2.50. The number of benzene rings is 2. The first-order chi connectivity index (χ1) is 13.5. The van der Waals surface area contributed by atoms with Crippen molar-refractivity contribution >= 4 is 11.8 Å². The molecule has 2 amide bonds. The lowest BCUT2D eigenvalue weighted by molar-refractivity contribution is -0.132. The molecule has 0 saturated carbocycles. The van der Waals surface area contributed by atoms with Gasteiger partial charge in [-0.05, 0) is 29.7 Å². The number of hydrogen-bond donors (Lipinski definition) is 1. The van der Waals surface area contributed by atoms with E-state index >= 15 is 0 Å². The van der Waals surface area contributed by atoms with Gasteiger partial charge in [-0.15, -0.1) is 0 Å². The molecule has 1 aliphatic heterocycles. The molecule has 6 heteroatoms. The molecule has 1 heterocycles. The number of amides is 2. The summed E-state index contributed by atoms with van der Waals surface area (Å²) in [4.78, 5) is 29.1. The highest BCUT2D eigenvalue weighted by Gasteiger charge is 2.25. The molecule has 1 saturated heterocycles. The highest BCUT2D eigenvalue weighted by Crippen LogP contribution is 2.18. The first kappa shape index (κ1) is 20.0. The number of rotatable bonds is 6. The van der Waals surface area contributed by atoms with Crippen molar-refractivity contribution in [2.24, 2.45) is 0 Å². The van der Waals surface area contributed by atoms with Crippen LogP contribution in [-0.4, -0.2) is 60.9 Å². The van der Waals surface area contributed by atoms with Gasteiger partial charge in [0.15, 0.2) is 0 Å². The van der Waals surface area contributed by atoms with E-state index in [9.17, 15) is 14.0 Å². The van der Waals surface area contributed by atoms with Gasteiger partial charge in [-0.3, -0.25) is 9.59 Å².